The van der Waals surface area contributed by atoms with Crippen LogP contribution in [0.2, 0.25) is 0 Å². The highest BCUT2D eigenvalue weighted by molar-refractivity contribution is 5.98. The number of rotatable bonds is 11. The van der Waals surface area contributed by atoms with E-state index in [9.17, 15) is 19.5 Å². The molecule has 1 spiro atoms. The Hall–Kier alpha value is -1.93. The van der Waals surface area contributed by atoms with Crippen molar-refractivity contribution in [2.75, 3.05) is 26.3 Å². The van der Waals surface area contributed by atoms with Crippen LogP contribution in [0.15, 0.2) is 12.7 Å². The molecule has 0 radical (unpaired) electrons. The zero-order valence-electron chi connectivity index (χ0n) is 21.6. The average molecular weight is 479 g/mol. The number of ether oxygens (including phenoxy) is 2. The highest BCUT2D eigenvalue weighted by Gasteiger charge is 2.80. The van der Waals surface area contributed by atoms with Crippen LogP contribution in [0, 0.1) is 23.7 Å². The SMILES string of the molecule is C=CCN(CCCC)C(=O)C1N([C@@H](CO)C(C)C)C(=O)[C@@H]2[C@H](C(=O)OCC)[C@@]3(C)OC12CC3C. The van der Waals surface area contributed by atoms with Gasteiger partial charge in [-0.05, 0) is 38.5 Å². The Morgan fingerprint density at radius 3 is 2.59 bits per heavy atom. The standard InChI is InChI=1S/C26H42N2O6/c1-8-11-13-27(12-9-2)23(31)21-26-14-17(6)25(7,34-26)20(24(32)33-10-3)19(26)22(30)28(21)18(15-29)16(4)5/h9,16-21,29H,2,8,10-15H2,1,3-7H3/t17?,18-,19-,20+,21?,25-,26?/m0/s1. The molecule has 8 nitrogen and oxygen atoms in total. The molecule has 2 amide bonds. The average Bonchev–Trinajstić information content (AvgIpc) is 3.28. The van der Waals surface area contributed by atoms with Crippen LogP contribution in [0.3, 0.4) is 0 Å². The van der Waals surface area contributed by atoms with Crippen molar-refractivity contribution in [3.63, 3.8) is 0 Å². The Morgan fingerprint density at radius 2 is 2.06 bits per heavy atom. The van der Waals surface area contributed by atoms with Gasteiger partial charge < -0.3 is 24.4 Å². The number of unbranched alkanes of at least 4 members (excludes halogenated alkanes) is 1. The summed E-state index contributed by atoms with van der Waals surface area (Å²) in [5.41, 5.74) is -2.02. The van der Waals surface area contributed by atoms with Gasteiger partial charge in [0.25, 0.3) is 0 Å². The summed E-state index contributed by atoms with van der Waals surface area (Å²) in [6, 6.07) is -1.48. The molecule has 8 heteroatoms. The first-order valence-electron chi connectivity index (χ1n) is 12.7. The van der Waals surface area contributed by atoms with E-state index in [1.54, 1.807) is 22.8 Å². The second-order valence-corrected chi connectivity index (χ2v) is 10.6. The minimum absolute atomic E-state index is 0.0451. The second kappa shape index (κ2) is 9.97. The molecule has 3 rings (SSSR count). The number of likely N-dealkylation sites (tertiary alicyclic amines) is 1. The van der Waals surface area contributed by atoms with E-state index in [4.69, 9.17) is 9.47 Å². The highest BCUT2D eigenvalue weighted by Crippen LogP contribution is 2.65. The lowest BCUT2D eigenvalue weighted by Crippen LogP contribution is -2.59. The maximum atomic E-state index is 14.2. The third-order valence-corrected chi connectivity index (χ3v) is 8.28. The molecule has 3 aliphatic rings. The molecule has 0 aliphatic carbocycles. The Kier molecular flexibility index (Phi) is 7.82. The lowest BCUT2D eigenvalue weighted by Gasteiger charge is -2.40. The second-order valence-electron chi connectivity index (χ2n) is 10.6. The molecule has 3 aliphatic heterocycles. The number of esters is 1. The Labute approximate surface area is 203 Å². The van der Waals surface area contributed by atoms with Crippen LogP contribution in [0.25, 0.3) is 0 Å². The van der Waals surface area contributed by atoms with Gasteiger partial charge in [0.05, 0.1) is 30.8 Å². The van der Waals surface area contributed by atoms with Gasteiger partial charge in [-0.1, -0.05) is 40.2 Å². The summed E-state index contributed by atoms with van der Waals surface area (Å²) in [4.78, 5) is 44.7. The minimum Gasteiger partial charge on any atom is -0.466 e. The highest BCUT2D eigenvalue weighted by atomic mass is 16.6. The van der Waals surface area contributed by atoms with E-state index >= 15 is 0 Å². The van der Waals surface area contributed by atoms with Crippen molar-refractivity contribution in [3.8, 4) is 0 Å². The largest absolute Gasteiger partial charge is 0.466 e. The monoisotopic (exact) mass is 478 g/mol. The fourth-order valence-electron chi connectivity index (χ4n) is 6.49. The lowest BCUT2D eigenvalue weighted by molar-refractivity contribution is -0.164. The smallest absolute Gasteiger partial charge is 0.312 e. The van der Waals surface area contributed by atoms with Crippen molar-refractivity contribution >= 4 is 17.8 Å². The molecule has 192 valence electrons. The van der Waals surface area contributed by atoms with Gasteiger partial charge in [0.15, 0.2) is 0 Å². The van der Waals surface area contributed by atoms with Gasteiger partial charge in [-0.15, -0.1) is 6.58 Å². The minimum atomic E-state index is -1.13. The number of aliphatic hydroxyl groups is 1. The van der Waals surface area contributed by atoms with Gasteiger partial charge in [0, 0.05) is 13.1 Å². The van der Waals surface area contributed by atoms with Crippen molar-refractivity contribution in [2.24, 2.45) is 23.7 Å². The van der Waals surface area contributed by atoms with Gasteiger partial charge in [0.2, 0.25) is 11.8 Å². The lowest BCUT2D eigenvalue weighted by atomic mass is 9.62. The fourth-order valence-corrected chi connectivity index (χ4v) is 6.49. The molecule has 3 unspecified atom stereocenters. The Balaban J connectivity index is 2.16. The zero-order chi connectivity index (χ0) is 25.4. The van der Waals surface area contributed by atoms with Crippen LogP contribution >= 0.6 is 0 Å². The fraction of sp³-hybridized carbons (Fsp3) is 0.808. The molecular formula is C26H42N2O6. The van der Waals surface area contributed by atoms with Gasteiger partial charge >= 0.3 is 5.97 Å². The Morgan fingerprint density at radius 1 is 1.38 bits per heavy atom. The van der Waals surface area contributed by atoms with E-state index in [0.717, 1.165) is 12.8 Å². The molecule has 7 atom stereocenters. The van der Waals surface area contributed by atoms with Crippen LogP contribution in [0.4, 0.5) is 0 Å². The van der Waals surface area contributed by atoms with Crippen LogP contribution < -0.4 is 0 Å². The first-order chi connectivity index (χ1) is 16.0. The summed E-state index contributed by atoms with van der Waals surface area (Å²) in [6.45, 7) is 16.2. The van der Waals surface area contributed by atoms with E-state index in [2.05, 4.69) is 13.5 Å². The molecule has 0 aromatic heterocycles. The molecule has 3 heterocycles. The van der Waals surface area contributed by atoms with Crippen LogP contribution in [0.1, 0.15) is 60.8 Å². The molecule has 0 aromatic rings. The van der Waals surface area contributed by atoms with Crippen molar-refractivity contribution < 1.29 is 29.0 Å². The van der Waals surface area contributed by atoms with E-state index in [-0.39, 0.29) is 36.9 Å². The van der Waals surface area contributed by atoms with Crippen LogP contribution in [0.5, 0.6) is 0 Å². The molecule has 1 N–H and O–H groups in total. The number of hydrogen-bond acceptors (Lipinski definition) is 6. The number of carbonyl (C=O) groups is 3. The number of amides is 2. The molecule has 34 heavy (non-hydrogen) atoms. The van der Waals surface area contributed by atoms with Crippen molar-refractivity contribution in [2.45, 2.75) is 84.1 Å². The first kappa shape index (κ1) is 26.7. The van der Waals surface area contributed by atoms with Gasteiger partial charge in [0.1, 0.15) is 17.6 Å². The maximum absolute atomic E-state index is 14.2. The van der Waals surface area contributed by atoms with E-state index in [0.29, 0.717) is 19.5 Å². The number of aliphatic hydroxyl groups excluding tert-OH is 1. The number of carbonyl (C=O) groups excluding carboxylic acids is 3. The van der Waals surface area contributed by atoms with Crippen molar-refractivity contribution in [1.82, 2.24) is 9.80 Å². The van der Waals surface area contributed by atoms with Gasteiger partial charge in [-0.3, -0.25) is 14.4 Å². The molecule has 3 saturated heterocycles. The van der Waals surface area contributed by atoms with E-state index in [1.807, 2.05) is 27.7 Å². The van der Waals surface area contributed by atoms with E-state index < -0.39 is 41.1 Å². The van der Waals surface area contributed by atoms with Crippen LogP contribution in [-0.2, 0) is 23.9 Å². The quantitative estimate of drug-likeness (QED) is 0.362. The topological polar surface area (TPSA) is 96.4 Å². The third-order valence-electron chi connectivity index (χ3n) is 8.28. The molecule has 0 saturated carbocycles. The van der Waals surface area contributed by atoms with Crippen LogP contribution in [-0.4, -0.2) is 82.3 Å². The first-order valence-corrected chi connectivity index (χ1v) is 12.7. The summed E-state index contributed by atoms with van der Waals surface area (Å²) in [5.74, 6) is -2.70. The summed E-state index contributed by atoms with van der Waals surface area (Å²) in [6.07, 6.45) is 3.93. The summed E-state index contributed by atoms with van der Waals surface area (Å²) >= 11 is 0. The van der Waals surface area contributed by atoms with Gasteiger partial charge in [-0.2, -0.15) is 0 Å². The summed E-state index contributed by atoms with van der Waals surface area (Å²) < 4.78 is 12.1. The van der Waals surface area contributed by atoms with Crippen molar-refractivity contribution in [3.05, 3.63) is 12.7 Å². The Bertz CT molecular complexity index is 815. The number of fused-ring (bicyclic) bond motifs is 1. The van der Waals surface area contributed by atoms with E-state index in [1.165, 1.54) is 0 Å². The zero-order valence-corrected chi connectivity index (χ0v) is 21.6. The summed E-state index contributed by atoms with van der Waals surface area (Å²) in [5, 5.41) is 10.3. The number of nitrogens with zero attached hydrogens (tertiary/aromatic N) is 2. The predicted molar refractivity (Wildman–Crippen MR) is 128 cm³/mol. The number of hydrogen-bond donors (Lipinski definition) is 1. The van der Waals surface area contributed by atoms with Crippen molar-refractivity contribution in [1.29, 1.82) is 0 Å². The molecule has 2 bridgehead atoms. The molecule has 0 aromatic carbocycles. The molecule has 3 fully saturated rings. The van der Waals surface area contributed by atoms with Gasteiger partial charge in [-0.25, -0.2) is 0 Å². The maximum Gasteiger partial charge on any atom is 0.312 e. The predicted octanol–water partition coefficient (Wildman–Crippen LogP) is 2.39. The normalized spacial score (nSPS) is 34.9. The third kappa shape index (κ3) is 3.87. The summed E-state index contributed by atoms with van der Waals surface area (Å²) in [7, 11) is 0. The molecular weight excluding hydrogens is 436 g/mol.